The Labute approximate surface area is 129 Å². The molecule has 1 amide bonds. The number of hydrogen-bond donors (Lipinski definition) is 1. The monoisotopic (exact) mass is 309 g/mol. The molecule has 1 aromatic carbocycles. The van der Waals surface area contributed by atoms with Gasteiger partial charge in [-0.25, -0.2) is 4.79 Å². The quantitative estimate of drug-likeness (QED) is 0.929. The van der Waals surface area contributed by atoms with Crippen molar-refractivity contribution in [3.05, 3.63) is 34.9 Å². The summed E-state index contributed by atoms with van der Waals surface area (Å²) in [6, 6.07) is 6.52. The van der Waals surface area contributed by atoms with Crippen LogP contribution in [0.3, 0.4) is 0 Å². The van der Waals surface area contributed by atoms with Gasteiger partial charge < -0.3 is 10.0 Å². The molecule has 2 atom stereocenters. The van der Waals surface area contributed by atoms with E-state index in [0.29, 0.717) is 18.0 Å². The van der Waals surface area contributed by atoms with E-state index in [1.807, 2.05) is 26.0 Å². The van der Waals surface area contributed by atoms with Crippen molar-refractivity contribution < 1.29 is 14.7 Å². The molecule has 0 aromatic heterocycles. The smallest absolute Gasteiger partial charge is 0.326 e. The molecule has 1 fully saturated rings. The van der Waals surface area contributed by atoms with Gasteiger partial charge in [-0.2, -0.15) is 0 Å². The average molecular weight is 310 g/mol. The zero-order valence-electron chi connectivity index (χ0n) is 12.3. The summed E-state index contributed by atoms with van der Waals surface area (Å²) >= 11 is 5.89. The third-order valence-electron chi connectivity index (χ3n) is 3.98. The van der Waals surface area contributed by atoms with Gasteiger partial charge in [0.15, 0.2) is 0 Å². The van der Waals surface area contributed by atoms with Gasteiger partial charge in [-0.15, -0.1) is 0 Å². The molecular weight excluding hydrogens is 290 g/mol. The molecule has 2 rings (SSSR count). The molecule has 114 valence electrons. The summed E-state index contributed by atoms with van der Waals surface area (Å²) in [7, 11) is 0. The lowest BCUT2D eigenvalue weighted by Gasteiger charge is -2.29. The Hall–Kier alpha value is -1.55. The molecule has 0 radical (unpaired) electrons. The molecule has 0 spiro atoms. The summed E-state index contributed by atoms with van der Waals surface area (Å²) in [4.78, 5) is 25.6. The van der Waals surface area contributed by atoms with Crippen molar-refractivity contribution in [2.24, 2.45) is 5.92 Å². The number of amides is 1. The van der Waals surface area contributed by atoms with Crippen molar-refractivity contribution in [2.75, 3.05) is 6.54 Å². The van der Waals surface area contributed by atoms with E-state index in [1.54, 1.807) is 12.1 Å². The molecule has 2 unspecified atom stereocenters. The second-order valence-electron chi connectivity index (χ2n) is 5.80. The normalized spacial score (nSPS) is 19.8. The molecule has 21 heavy (non-hydrogen) atoms. The fraction of sp³-hybridized carbons (Fsp3) is 0.500. The summed E-state index contributed by atoms with van der Waals surface area (Å²) in [5, 5.41) is 9.87. The molecule has 1 heterocycles. The van der Waals surface area contributed by atoms with E-state index in [4.69, 9.17) is 11.6 Å². The minimum absolute atomic E-state index is 0.0914. The molecule has 0 saturated carbocycles. The van der Waals surface area contributed by atoms with Crippen molar-refractivity contribution in [1.82, 2.24) is 4.90 Å². The lowest BCUT2D eigenvalue weighted by Crippen LogP contribution is -2.43. The van der Waals surface area contributed by atoms with Gasteiger partial charge >= 0.3 is 5.97 Å². The van der Waals surface area contributed by atoms with Crippen molar-refractivity contribution in [3.63, 3.8) is 0 Å². The third-order valence-corrected chi connectivity index (χ3v) is 4.23. The Morgan fingerprint density at radius 2 is 1.90 bits per heavy atom. The van der Waals surface area contributed by atoms with Crippen molar-refractivity contribution >= 4 is 23.5 Å². The topological polar surface area (TPSA) is 57.6 Å². The number of hydrogen-bond acceptors (Lipinski definition) is 2. The first kappa shape index (κ1) is 15.8. The van der Waals surface area contributed by atoms with Gasteiger partial charge in [0.25, 0.3) is 0 Å². The number of likely N-dealkylation sites (tertiary alicyclic amines) is 1. The molecule has 4 nitrogen and oxygen atoms in total. The minimum atomic E-state index is -0.917. The molecule has 5 heteroatoms. The summed E-state index contributed by atoms with van der Waals surface area (Å²) < 4.78 is 0. The van der Waals surface area contributed by atoms with E-state index >= 15 is 0 Å². The molecule has 1 saturated heterocycles. The first-order valence-electron chi connectivity index (χ1n) is 7.20. The Bertz CT molecular complexity index is 527. The van der Waals surface area contributed by atoms with Gasteiger partial charge in [-0.1, -0.05) is 37.6 Å². The van der Waals surface area contributed by atoms with E-state index in [9.17, 15) is 14.7 Å². The highest BCUT2D eigenvalue weighted by Crippen LogP contribution is 2.31. The number of carboxylic acids is 1. The van der Waals surface area contributed by atoms with Gasteiger partial charge in [0.1, 0.15) is 6.04 Å². The van der Waals surface area contributed by atoms with Crippen molar-refractivity contribution in [1.29, 1.82) is 0 Å². The highest BCUT2D eigenvalue weighted by molar-refractivity contribution is 6.30. The molecule has 1 aliphatic rings. The Balaban J connectivity index is 2.28. The van der Waals surface area contributed by atoms with E-state index in [0.717, 1.165) is 12.0 Å². The van der Waals surface area contributed by atoms with Crippen LogP contribution in [0.1, 0.15) is 38.2 Å². The van der Waals surface area contributed by atoms with Crippen LogP contribution in [0, 0.1) is 5.92 Å². The van der Waals surface area contributed by atoms with Crippen molar-refractivity contribution in [2.45, 2.75) is 38.6 Å². The van der Waals surface area contributed by atoms with Gasteiger partial charge in [0.05, 0.1) is 5.92 Å². The maximum Gasteiger partial charge on any atom is 0.326 e. The van der Waals surface area contributed by atoms with Gasteiger partial charge in [-0.3, -0.25) is 4.79 Å². The number of carbonyl (C=O) groups excluding carboxylic acids is 1. The van der Waals surface area contributed by atoms with E-state index < -0.39 is 12.0 Å². The predicted molar refractivity (Wildman–Crippen MR) is 81.4 cm³/mol. The van der Waals surface area contributed by atoms with E-state index in [1.165, 1.54) is 4.90 Å². The van der Waals surface area contributed by atoms with E-state index in [2.05, 4.69) is 0 Å². The molecular formula is C16H20ClNO3. The molecule has 0 bridgehead atoms. The number of carboxylic acid groups (broad SMARTS) is 1. The van der Waals surface area contributed by atoms with Gasteiger partial charge in [-0.05, 0) is 36.5 Å². The molecule has 1 N–H and O–H groups in total. The maximum absolute atomic E-state index is 12.8. The standard InChI is InChI=1S/C16H20ClNO3/c1-10(2)14(11-5-7-12(17)8-6-11)15(19)18-9-3-4-13(18)16(20)21/h5-8,10,13-14H,3-4,9H2,1-2H3,(H,20,21). The van der Waals surface area contributed by atoms with Crippen LogP contribution in [0.4, 0.5) is 0 Å². The molecule has 1 aromatic rings. The largest absolute Gasteiger partial charge is 0.480 e. The zero-order chi connectivity index (χ0) is 15.6. The molecule has 1 aliphatic heterocycles. The minimum Gasteiger partial charge on any atom is -0.480 e. The predicted octanol–water partition coefficient (Wildman–Crippen LogP) is 3.16. The lowest BCUT2D eigenvalue weighted by molar-refractivity contribution is -0.149. The Kier molecular flexibility index (Phi) is 4.88. The third kappa shape index (κ3) is 3.38. The first-order chi connectivity index (χ1) is 9.91. The Morgan fingerprint density at radius 3 is 2.43 bits per heavy atom. The van der Waals surface area contributed by atoms with Crippen LogP contribution in [0.25, 0.3) is 0 Å². The molecule has 0 aliphatic carbocycles. The van der Waals surface area contributed by atoms with Crippen LogP contribution in [-0.4, -0.2) is 34.5 Å². The first-order valence-corrected chi connectivity index (χ1v) is 7.58. The summed E-state index contributed by atoms with van der Waals surface area (Å²) in [6.07, 6.45) is 1.28. The Morgan fingerprint density at radius 1 is 1.29 bits per heavy atom. The highest BCUT2D eigenvalue weighted by Gasteiger charge is 2.38. The van der Waals surface area contributed by atoms with Crippen LogP contribution in [0.2, 0.25) is 5.02 Å². The summed E-state index contributed by atoms with van der Waals surface area (Å²) in [5.74, 6) is -1.26. The van der Waals surface area contributed by atoms with Crippen LogP contribution in [0.5, 0.6) is 0 Å². The second-order valence-corrected chi connectivity index (χ2v) is 6.24. The number of aliphatic carboxylic acids is 1. The highest BCUT2D eigenvalue weighted by atomic mass is 35.5. The number of carbonyl (C=O) groups is 2. The summed E-state index contributed by atoms with van der Waals surface area (Å²) in [5.41, 5.74) is 0.885. The maximum atomic E-state index is 12.8. The van der Waals surface area contributed by atoms with Gasteiger partial charge in [0.2, 0.25) is 5.91 Å². The average Bonchev–Trinajstić information content (AvgIpc) is 2.90. The lowest BCUT2D eigenvalue weighted by atomic mass is 9.87. The fourth-order valence-corrected chi connectivity index (χ4v) is 3.07. The van der Waals surface area contributed by atoms with Crippen LogP contribution in [0.15, 0.2) is 24.3 Å². The fourth-order valence-electron chi connectivity index (χ4n) is 2.95. The second kappa shape index (κ2) is 6.48. The van der Waals surface area contributed by atoms with Crippen LogP contribution in [-0.2, 0) is 9.59 Å². The summed E-state index contributed by atoms with van der Waals surface area (Å²) in [6.45, 7) is 4.47. The zero-order valence-corrected chi connectivity index (χ0v) is 13.0. The van der Waals surface area contributed by atoms with Gasteiger partial charge in [0, 0.05) is 11.6 Å². The van der Waals surface area contributed by atoms with Crippen LogP contribution >= 0.6 is 11.6 Å². The number of halogens is 1. The van der Waals surface area contributed by atoms with Crippen LogP contribution < -0.4 is 0 Å². The van der Waals surface area contributed by atoms with E-state index in [-0.39, 0.29) is 17.7 Å². The van der Waals surface area contributed by atoms with Crippen molar-refractivity contribution in [3.8, 4) is 0 Å². The number of rotatable bonds is 4. The SMILES string of the molecule is CC(C)C(C(=O)N1CCCC1C(=O)O)c1ccc(Cl)cc1. The number of nitrogens with zero attached hydrogens (tertiary/aromatic N) is 1. The number of benzene rings is 1.